The summed E-state index contributed by atoms with van der Waals surface area (Å²) in [6, 6.07) is 7.29. The summed E-state index contributed by atoms with van der Waals surface area (Å²) >= 11 is 5.70. The topological polar surface area (TPSA) is 12.9 Å². The van der Waals surface area contributed by atoms with Gasteiger partial charge in [-0.1, -0.05) is 23.7 Å². The van der Waals surface area contributed by atoms with Crippen LogP contribution >= 0.6 is 11.6 Å². The predicted octanol–water partition coefficient (Wildman–Crippen LogP) is 4.56. The van der Waals surface area contributed by atoms with Crippen LogP contribution in [0.3, 0.4) is 0 Å². The summed E-state index contributed by atoms with van der Waals surface area (Å²) in [7, 11) is 0. The number of hydrogen-bond acceptors (Lipinski definition) is 1. The third-order valence-corrected chi connectivity index (χ3v) is 2.58. The van der Waals surface area contributed by atoms with Crippen LogP contribution in [0.4, 0.5) is 17.6 Å². The molecule has 0 aliphatic rings. The number of benzene rings is 1. The Morgan fingerprint density at radius 2 is 1.56 bits per heavy atom. The molecule has 0 N–H and O–H groups in total. The summed E-state index contributed by atoms with van der Waals surface area (Å²) in [6.07, 6.45) is -4.54. The number of rotatable bonds is 1. The van der Waals surface area contributed by atoms with Gasteiger partial charge in [0.05, 0.1) is 0 Å². The minimum atomic E-state index is -4.54. The van der Waals surface area contributed by atoms with Gasteiger partial charge in [0.1, 0.15) is 16.7 Å². The number of aromatic nitrogens is 1. The van der Waals surface area contributed by atoms with Crippen LogP contribution in [0.15, 0.2) is 36.4 Å². The van der Waals surface area contributed by atoms with E-state index in [1.807, 2.05) is 0 Å². The van der Waals surface area contributed by atoms with Gasteiger partial charge >= 0.3 is 6.18 Å². The molecule has 0 bridgehead atoms. The second-order valence-corrected chi connectivity index (χ2v) is 3.90. The third kappa shape index (κ3) is 2.61. The molecule has 0 unspecified atom stereocenters. The van der Waals surface area contributed by atoms with Crippen LogP contribution in [0.25, 0.3) is 11.1 Å². The van der Waals surface area contributed by atoms with E-state index in [4.69, 9.17) is 11.6 Å². The maximum absolute atomic E-state index is 12.7. The highest BCUT2D eigenvalue weighted by Crippen LogP contribution is 2.32. The Labute approximate surface area is 105 Å². The molecule has 1 nitrogen and oxygen atoms in total. The molecular weight excluding hydrogens is 270 g/mol. The molecule has 1 heterocycles. The fourth-order valence-corrected chi connectivity index (χ4v) is 1.70. The Balaban J connectivity index is 2.45. The van der Waals surface area contributed by atoms with E-state index < -0.39 is 17.7 Å². The van der Waals surface area contributed by atoms with Gasteiger partial charge in [0, 0.05) is 5.56 Å². The number of nitrogens with zero attached hydrogens (tertiary/aromatic N) is 1. The Morgan fingerprint density at radius 3 is 2.06 bits per heavy atom. The molecule has 0 spiro atoms. The molecule has 0 radical (unpaired) electrons. The highest BCUT2D eigenvalue weighted by atomic mass is 35.5. The molecule has 0 fully saturated rings. The van der Waals surface area contributed by atoms with Crippen molar-refractivity contribution in [2.45, 2.75) is 6.18 Å². The van der Waals surface area contributed by atoms with Gasteiger partial charge in [-0.05, 0) is 29.8 Å². The lowest BCUT2D eigenvalue weighted by molar-refractivity contribution is -0.141. The molecule has 0 atom stereocenters. The van der Waals surface area contributed by atoms with Crippen molar-refractivity contribution in [2.75, 3.05) is 0 Å². The highest BCUT2D eigenvalue weighted by Gasteiger charge is 2.32. The van der Waals surface area contributed by atoms with E-state index in [0.29, 0.717) is 11.1 Å². The van der Waals surface area contributed by atoms with Crippen molar-refractivity contribution >= 4 is 11.6 Å². The second kappa shape index (κ2) is 4.57. The van der Waals surface area contributed by atoms with Gasteiger partial charge in [-0.15, -0.1) is 0 Å². The van der Waals surface area contributed by atoms with E-state index in [2.05, 4.69) is 4.98 Å². The van der Waals surface area contributed by atoms with Crippen LogP contribution in [0.1, 0.15) is 5.69 Å². The van der Waals surface area contributed by atoms with E-state index >= 15 is 0 Å². The molecule has 6 heteroatoms. The first-order chi connectivity index (χ1) is 8.38. The van der Waals surface area contributed by atoms with Crippen molar-refractivity contribution < 1.29 is 17.6 Å². The first kappa shape index (κ1) is 12.8. The molecule has 1 aromatic heterocycles. The van der Waals surface area contributed by atoms with Gasteiger partial charge in [0.15, 0.2) is 0 Å². The number of pyridine rings is 1. The molecule has 0 aliphatic heterocycles. The Morgan fingerprint density at radius 1 is 0.944 bits per heavy atom. The number of alkyl halides is 3. The van der Waals surface area contributed by atoms with Crippen LogP contribution in [0, 0.1) is 5.82 Å². The van der Waals surface area contributed by atoms with Crippen LogP contribution < -0.4 is 0 Å². The van der Waals surface area contributed by atoms with Gasteiger partial charge in [-0.3, -0.25) is 0 Å². The zero-order valence-corrected chi connectivity index (χ0v) is 9.56. The number of hydrogen-bond donors (Lipinski definition) is 0. The van der Waals surface area contributed by atoms with Gasteiger partial charge in [0.25, 0.3) is 0 Å². The molecule has 2 rings (SSSR count). The SMILES string of the molecule is Fc1ccc(-c2ccc(C(F)(F)F)nc2Cl)cc1. The first-order valence-electron chi connectivity index (χ1n) is 4.87. The Kier molecular flexibility index (Phi) is 3.26. The summed E-state index contributed by atoms with van der Waals surface area (Å²) in [5, 5.41) is -0.267. The molecule has 0 amide bonds. The fraction of sp³-hybridized carbons (Fsp3) is 0.0833. The van der Waals surface area contributed by atoms with Gasteiger partial charge in [-0.2, -0.15) is 13.2 Å². The maximum Gasteiger partial charge on any atom is 0.433 e. The zero-order valence-electron chi connectivity index (χ0n) is 8.80. The zero-order chi connectivity index (χ0) is 13.3. The number of halogens is 5. The normalized spacial score (nSPS) is 11.6. The molecule has 2 aromatic rings. The first-order valence-corrected chi connectivity index (χ1v) is 5.25. The second-order valence-electron chi connectivity index (χ2n) is 3.54. The summed E-state index contributed by atoms with van der Waals surface area (Å²) in [5.74, 6) is -0.435. The summed E-state index contributed by atoms with van der Waals surface area (Å²) in [5.41, 5.74) is -0.231. The molecule has 0 aliphatic carbocycles. The van der Waals surface area contributed by atoms with Crippen molar-refractivity contribution in [3.8, 4) is 11.1 Å². The van der Waals surface area contributed by atoms with E-state index in [1.54, 1.807) is 0 Å². The average molecular weight is 276 g/mol. The molecule has 94 valence electrons. The smallest absolute Gasteiger partial charge is 0.231 e. The van der Waals surface area contributed by atoms with Crippen molar-refractivity contribution in [2.24, 2.45) is 0 Å². The van der Waals surface area contributed by atoms with Crippen molar-refractivity contribution in [1.82, 2.24) is 4.98 Å². The van der Waals surface area contributed by atoms with Crippen molar-refractivity contribution in [1.29, 1.82) is 0 Å². The standard InChI is InChI=1S/C12H6ClF4N/c13-11-9(7-1-3-8(14)4-2-7)5-6-10(18-11)12(15,16)17/h1-6H. The van der Waals surface area contributed by atoms with Gasteiger partial charge in [-0.25, -0.2) is 9.37 Å². The van der Waals surface area contributed by atoms with Crippen LogP contribution in [0.5, 0.6) is 0 Å². The third-order valence-electron chi connectivity index (χ3n) is 2.29. The molecule has 0 saturated heterocycles. The molecular formula is C12H6ClF4N. The molecule has 1 aromatic carbocycles. The van der Waals surface area contributed by atoms with Crippen LogP contribution in [-0.2, 0) is 6.18 Å². The average Bonchev–Trinajstić information content (AvgIpc) is 2.29. The Bertz CT molecular complexity index is 563. The molecule has 0 saturated carbocycles. The van der Waals surface area contributed by atoms with E-state index in [-0.39, 0.29) is 5.15 Å². The van der Waals surface area contributed by atoms with Gasteiger partial charge < -0.3 is 0 Å². The maximum atomic E-state index is 12.7. The monoisotopic (exact) mass is 275 g/mol. The quantitative estimate of drug-likeness (QED) is 0.549. The van der Waals surface area contributed by atoms with Gasteiger partial charge in [0.2, 0.25) is 0 Å². The predicted molar refractivity (Wildman–Crippen MR) is 59.6 cm³/mol. The minimum Gasteiger partial charge on any atom is -0.231 e. The lowest BCUT2D eigenvalue weighted by Crippen LogP contribution is -2.07. The summed E-state index contributed by atoms with van der Waals surface area (Å²) < 4.78 is 49.9. The summed E-state index contributed by atoms with van der Waals surface area (Å²) in [6.45, 7) is 0. The highest BCUT2D eigenvalue weighted by molar-refractivity contribution is 6.32. The fourth-order valence-electron chi connectivity index (χ4n) is 1.44. The van der Waals surface area contributed by atoms with E-state index in [1.165, 1.54) is 30.3 Å². The Hall–Kier alpha value is -1.62. The summed E-state index contributed by atoms with van der Waals surface area (Å²) in [4.78, 5) is 3.29. The van der Waals surface area contributed by atoms with E-state index in [0.717, 1.165) is 6.07 Å². The van der Waals surface area contributed by atoms with Crippen molar-refractivity contribution in [3.05, 3.63) is 53.1 Å². The minimum absolute atomic E-state index is 0.267. The van der Waals surface area contributed by atoms with Crippen LogP contribution in [-0.4, -0.2) is 4.98 Å². The van der Waals surface area contributed by atoms with E-state index in [9.17, 15) is 17.6 Å². The largest absolute Gasteiger partial charge is 0.433 e. The lowest BCUT2D eigenvalue weighted by Gasteiger charge is -2.09. The van der Waals surface area contributed by atoms with Crippen molar-refractivity contribution in [3.63, 3.8) is 0 Å². The molecule has 18 heavy (non-hydrogen) atoms. The van der Waals surface area contributed by atoms with Crippen LogP contribution in [0.2, 0.25) is 5.15 Å². The lowest BCUT2D eigenvalue weighted by atomic mass is 10.1.